The number of H-pyrrole nitrogens is 1. The SMILES string of the molecule is CC(C)Nc1cccc2c1[nH]c1cc(=NC(=O)c3ccccc3[N+](=O)[O-])cccc12. The predicted octanol–water partition coefficient (Wildman–Crippen LogP) is 4.79. The lowest BCUT2D eigenvalue weighted by Gasteiger charge is -2.10. The molecule has 2 N–H and O–H groups in total. The van der Waals surface area contributed by atoms with E-state index >= 15 is 0 Å². The van der Waals surface area contributed by atoms with Crippen LogP contribution in [-0.4, -0.2) is 21.9 Å². The average molecular weight is 400 g/mol. The molecule has 0 unspecified atom stereocenters. The van der Waals surface area contributed by atoms with Crippen LogP contribution in [0.25, 0.3) is 21.8 Å². The molecule has 0 aliphatic rings. The minimum Gasteiger partial charge on any atom is -0.381 e. The molecule has 0 radical (unpaired) electrons. The number of para-hydroxylation sites is 2. The van der Waals surface area contributed by atoms with Crippen molar-refractivity contribution in [3.05, 3.63) is 87.8 Å². The fourth-order valence-electron chi connectivity index (χ4n) is 3.48. The Morgan fingerprint density at radius 2 is 1.77 bits per heavy atom. The number of nitro benzene ring substituents is 1. The van der Waals surface area contributed by atoms with E-state index in [0.29, 0.717) is 5.36 Å². The lowest BCUT2D eigenvalue weighted by Crippen LogP contribution is -2.09. The molecule has 0 bridgehead atoms. The molecule has 1 aromatic heterocycles. The standard InChI is InChI=1S/C23H20N4O3/c1-14(2)24-19-11-6-10-17-16-9-5-7-15(13-20(16)26-22(17)19)25-23(28)18-8-3-4-12-21(18)27(29)30/h3-14,24,26H,1-2H3. The zero-order chi connectivity index (χ0) is 21.3. The highest BCUT2D eigenvalue weighted by molar-refractivity contribution is 6.11. The molecule has 3 aromatic carbocycles. The van der Waals surface area contributed by atoms with Crippen molar-refractivity contribution in [2.45, 2.75) is 19.9 Å². The summed E-state index contributed by atoms with van der Waals surface area (Å²) in [7, 11) is 0. The van der Waals surface area contributed by atoms with Crippen LogP contribution in [0.5, 0.6) is 0 Å². The summed E-state index contributed by atoms with van der Waals surface area (Å²) < 4.78 is 0. The number of hydrogen-bond donors (Lipinski definition) is 2. The second-order valence-electron chi connectivity index (χ2n) is 7.27. The Balaban J connectivity index is 1.86. The van der Waals surface area contributed by atoms with Crippen LogP contribution in [0, 0.1) is 10.1 Å². The highest BCUT2D eigenvalue weighted by Crippen LogP contribution is 2.29. The van der Waals surface area contributed by atoms with Crippen LogP contribution in [0.15, 0.2) is 71.7 Å². The molecule has 7 heteroatoms. The second-order valence-corrected chi connectivity index (χ2v) is 7.27. The molecule has 0 saturated carbocycles. The highest BCUT2D eigenvalue weighted by Gasteiger charge is 2.18. The van der Waals surface area contributed by atoms with Gasteiger partial charge in [-0.25, -0.2) is 4.99 Å². The third-order valence-electron chi connectivity index (χ3n) is 4.73. The third-order valence-corrected chi connectivity index (χ3v) is 4.73. The summed E-state index contributed by atoms with van der Waals surface area (Å²) in [6.45, 7) is 4.15. The maximum absolute atomic E-state index is 12.6. The van der Waals surface area contributed by atoms with Gasteiger partial charge in [-0.15, -0.1) is 0 Å². The maximum Gasteiger partial charge on any atom is 0.284 e. The summed E-state index contributed by atoms with van der Waals surface area (Å²) in [6.07, 6.45) is 0. The molecule has 0 atom stereocenters. The van der Waals surface area contributed by atoms with Crippen molar-refractivity contribution >= 4 is 39.1 Å². The van der Waals surface area contributed by atoms with Gasteiger partial charge in [0, 0.05) is 28.4 Å². The number of carbonyl (C=O) groups excluding carboxylic acids is 1. The van der Waals surface area contributed by atoms with Gasteiger partial charge in [0.25, 0.3) is 11.6 Å². The van der Waals surface area contributed by atoms with E-state index in [4.69, 9.17) is 0 Å². The predicted molar refractivity (Wildman–Crippen MR) is 118 cm³/mol. The molecule has 4 rings (SSSR count). The number of aromatic amines is 1. The zero-order valence-electron chi connectivity index (χ0n) is 16.5. The summed E-state index contributed by atoms with van der Waals surface area (Å²) in [5.74, 6) is -0.653. The molecular formula is C23H20N4O3. The minimum atomic E-state index is -0.653. The molecular weight excluding hydrogens is 380 g/mol. The van der Waals surface area contributed by atoms with Gasteiger partial charge in [-0.2, -0.15) is 0 Å². The van der Waals surface area contributed by atoms with Crippen molar-refractivity contribution in [1.82, 2.24) is 4.98 Å². The first-order valence-corrected chi connectivity index (χ1v) is 9.58. The largest absolute Gasteiger partial charge is 0.381 e. The van der Waals surface area contributed by atoms with Crippen LogP contribution in [0.2, 0.25) is 0 Å². The Bertz CT molecular complexity index is 1360. The summed E-state index contributed by atoms with van der Waals surface area (Å²) in [5.41, 5.74) is 2.50. The molecule has 0 spiro atoms. The topological polar surface area (TPSA) is 100 Å². The number of nitrogens with zero attached hydrogens (tertiary/aromatic N) is 2. The molecule has 1 amide bonds. The number of amides is 1. The second kappa shape index (κ2) is 7.79. The number of nitrogens with one attached hydrogen (secondary N) is 2. The van der Waals surface area contributed by atoms with Gasteiger partial charge in [0.2, 0.25) is 0 Å². The van der Waals surface area contributed by atoms with E-state index < -0.39 is 10.8 Å². The van der Waals surface area contributed by atoms with E-state index in [-0.39, 0.29) is 17.3 Å². The van der Waals surface area contributed by atoms with Crippen molar-refractivity contribution in [2.75, 3.05) is 5.32 Å². The molecule has 7 nitrogen and oxygen atoms in total. The lowest BCUT2D eigenvalue weighted by molar-refractivity contribution is -0.385. The Morgan fingerprint density at radius 3 is 2.53 bits per heavy atom. The van der Waals surface area contributed by atoms with Crippen molar-refractivity contribution in [2.24, 2.45) is 4.99 Å². The Morgan fingerprint density at radius 1 is 1.03 bits per heavy atom. The first-order chi connectivity index (χ1) is 14.4. The molecule has 0 fully saturated rings. The maximum atomic E-state index is 12.6. The third kappa shape index (κ3) is 3.65. The smallest absolute Gasteiger partial charge is 0.284 e. The number of aromatic nitrogens is 1. The molecule has 0 aliphatic carbocycles. The van der Waals surface area contributed by atoms with Crippen molar-refractivity contribution in [3.63, 3.8) is 0 Å². The van der Waals surface area contributed by atoms with Gasteiger partial charge in [-0.3, -0.25) is 14.9 Å². The molecule has 1 heterocycles. The number of benzene rings is 2. The van der Waals surface area contributed by atoms with Gasteiger partial charge < -0.3 is 10.3 Å². The molecule has 150 valence electrons. The minimum absolute atomic E-state index is 0.0367. The number of carbonyl (C=O) groups is 1. The normalized spacial score (nSPS) is 11.9. The Kier molecular flexibility index (Phi) is 5.02. The van der Waals surface area contributed by atoms with Crippen LogP contribution < -0.4 is 10.7 Å². The lowest BCUT2D eigenvalue weighted by atomic mass is 10.1. The van der Waals surface area contributed by atoms with Gasteiger partial charge in [-0.1, -0.05) is 36.4 Å². The van der Waals surface area contributed by atoms with Crippen molar-refractivity contribution in [3.8, 4) is 0 Å². The fourth-order valence-corrected chi connectivity index (χ4v) is 3.48. The van der Waals surface area contributed by atoms with Crippen LogP contribution in [0.1, 0.15) is 24.2 Å². The quantitative estimate of drug-likeness (QED) is 0.380. The molecule has 0 aliphatic heterocycles. The molecule has 30 heavy (non-hydrogen) atoms. The van der Waals surface area contributed by atoms with Gasteiger partial charge in [-0.05, 0) is 38.1 Å². The molecule has 0 saturated heterocycles. The number of rotatable bonds is 4. The Labute approximate surface area is 172 Å². The fraction of sp³-hybridized carbons (Fsp3) is 0.130. The van der Waals surface area contributed by atoms with E-state index in [1.807, 2.05) is 30.3 Å². The van der Waals surface area contributed by atoms with Gasteiger partial charge in [0.05, 0.1) is 21.5 Å². The average Bonchev–Trinajstić information content (AvgIpc) is 2.93. The van der Waals surface area contributed by atoms with E-state index in [0.717, 1.165) is 27.5 Å². The van der Waals surface area contributed by atoms with Crippen molar-refractivity contribution < 1.29 is 9.72 Å². The van der Waals surface area contributed by atoms with Gasteiger partial charge >= 0.3 is 0 Å². The molecule has 4 aromatic rings. The van der Waals surface area contributed by atoms with Gasteiger partial charge in [0.1, 0.15) is 5.56 Å². The van der Waals surface area contributed by atoms with E-state index in [2.05, 4.69) is 29.1 Å². The summed E-state index contributed by atoms with van der Waals surface area (Å²) in [4.78, 5) is 30.8. The Hall–Kier alpha value is -4.00. The van der Waals surface area contributed by atoms with Crippen molar-refractivity contribution in [1.29, 1.82) is 0 Å². The van der Waals surface area contributed by atoms with Gasteiger partial charge in [0.15, 0.2) is 0 Å². The summed E-state index contributed by atoms with van der Waals surface area (Å²) >= 11 is 0. The monoisotopic (exact) mass is 400 g/mol. The van der Waals surface area contributed by atoms with E-state index in [1.54, 1.807) is 18.2 Å². The van der Waals surface area contributed by atoms with Crippen LogP contribution in [0.3, 0.4) is 0 Å². The number of nitro groups is 1. The van der Waals surface area contributed by atoms with Crippen LogP contribution in [0.4, 0.5) is 11.4 Å². The van der Waals surface area contributed by atoms with Crippen LogP contribution in [-0.2, 0) is 0 Å². The zero-order valence-corrected chi connectivity index (χ0v) is 16.5. The van der Waals surface area contributed by atoms with E-state index in [9.17, 15) is 14.9 Å². The number of anilines is 1. The summed E-state index contributed by atoms with van der Waals surface area (Å²) in [6, 6.07) is 19.4. The highest BCUT2D eigenvalue weighted by atomic mass is 16.6. The number of hydrogen-bond acceptors (Lipinski definition) is 4. The first kappa shape index (κ1) is 19.3. The number of fused-ring (bicyclic) bond motifs is 3. The first-order valence-electron chi connectivity index (χ1n) is 9.58. The van der Waals surface area contributed by atoms with E-state index in [1.165, 1.54) is 18.2 Å². The summed E-state index contributed by atoms with van der Waals surface area (Å²) in [5, 5.41) is 17.1. The van der Waals surface area contributed by atoms with Crippen LogP contribution >= 0.6 is 0 Å².